The highest BCUT2D eigenvalue weighted by atomic mass is 32.2. The SMILES string of the molecule is COC(=O)[C@H](CCSC)NC(=O)c1ccc(COC(C)CN2CC[S+]([O-])CC2C2CCCCC2)cc1-c1ccccc1C. The molecule has 7 nitrogen and oxygen atoms in total. The van der Waals surface area contributed by atoms with E-state index < -0.39 is 23.2 Å². The molecule has 4 rings (SSSR count). The van der Waals surface area contributed by atoms with Crippen LogP contribution in [0.4, 0.5) is 0 Å². The first kappa shape index (κ1) is 33.8. The Hall–Kier alpha value is -2.04. The van der Waals surface area contributed by atoms with E-state index in [4.69, 9.17) is 9.47 Å². The molecule has 2 aromatic carbocycles. The zero-order chi connectivity index (χ0) is 30.8. The second-order valence-electron chi connectivity index (χ2n) is 11.9. The molecule has 2 fully saturated rings. The lowest BCUT2D eigenvalue weighted by Crippen LogP contribution is -2.54. The summed E-state index contributed by atoms with van der Waals surface area (Å²) in [5.41, 5.74) is 4.34. The van der Waals surface area contributed by atoms with Crippen molar-refractivity contribution in [3.05, 3.63) is 59.2 Å². The van der Waals surface area contributed by atoms with Gasteiger partial charge in [-0.2, -0.15) is 11.8 Å². The lowest BCUT2D eigenvalue weighted by molar-refractivity contribution is -0.142. The number of benzene rings is 2. The highest BCUT2D eigenvalue weighted by molar-refractivity contribution is 7.98. The van der Waals surface area contributed by atoms with E-state index in [-0.39, 0.29) is 12.0 Å². The lowest BCUT2D eigenvalue weighted by Gasteiger charge is -2.42. The molecule has 2 aromatic rings. The van der Waals surface area contributed by atoms with Gasteiger partial charge >= 0.3 is 5.97 Å². The van der Waals surface area contributed by atoms with Crippen LogP contribution in [0.3, 0.4) is 0 Å². The average Bonchev–Trinajstić information content (AvgIpc) is 3.03. The van der Waals surface area contributed by atoms with E-state index in [1.165, 1.54) is 39.2 Å². The first-order chi connectivity index (χ1) is 20.8. The summed E-state index contributed by atoms with van der Waals surface area (Å²) < 4.78 is 23.8. The predicted octanol–water partition coefficient (Wildman–Crippen LogP) is 5.60. The summed E-state index contributed by atoms with van der Waals surface area (Å²) in [5.74, 6) is 2.16. The Bertz CT molecular complexity index is 1210. The van der Waals surface area contributed by atoms with Gasteiger partial charge in [-0.3, -0.25) is 9.69 Å². The van der Waals surface area contributed by atoms with Crippen molar-refractivity contribution < 1.29 is 23.6 Å². The largest absolute Gasteiger partial charge is 0.616 e. The van der Waals surface area contributed by atoms with Crippen LogP contribution < -0.4 is 5.32 Å². The number of ether oxygens (including phenoxy) is 2. The Kier molecular flexibility index (Phi) is 13.3. The maximum absolute atomic E-state index is 13.5. The highest BCUT2D eigenvalue weighted by Crippen LogP contribution is 2.32. The molecule has 1 N–H and O–H groups in total. The van der Waals surface area contributed by atoms with Crippen molar-refractivity contribution in [2.24, 2.45) is 5.92 Å². The number of esters is 1. The number of hydrogen-bond donors (Lipinski definition) is 1. The zero-order valence-electron chi connectivity index (χ0n) is 26.1. The molecular weight excluding hydrogens is 581 g/mol. The first-order valence-corrected chi connectivity index (χ1v) is 18.5. The minimum Gasteiger partial charge on any atom is -0.616 e. The first-order valence-electron chi connectivity index (χ1n) is 15.6. The van der Waals surface area contributed by atoms with E-state index in [0.717, 1.165) is 52.6 Å². The van der Waals surface area contributed by atoms with Gasteiger partial charge in [0.2, 0.25) is 0 Å². The van der Waals surface area contributed by atoms with Crippen molar-refractivity contribution in [2.45, 2.75) is 77.2 Å². The number of hydrogen-bond acceptors (Lipinski definition) is 7. The van der Waals surface area contributed by atoms with Crippen LogP contribution >= 0.6 is 11.8 Å². The number of carbonyl (C=O) groups excluding carboxylic acids is 2. The van der Waals surface area contributed by atoms with Gasteiger partial charge in [0.15, 0.2) is 0 Å². The molecule has 43 heavy (non-hydrogen) atoms. The van der Waals surface area contributed by atoms with Crippen LogP contribution in [0.5, 0.6) is 0 Å². The van der Waals surface area contributed by atoms with E-state index in [1.54, 1.807) is 11.8 Å². The zero-order valence-corrected chi connectivity index (χ0v) is 27.8. The monoisotopic (exact) mass is 628 g/mol. The van der Waals surface area contributed by atoms with Gasteiger partial charge < -0.3 is 19.3 Å². The van der Waals surface area contributed by atoms with Crippen molar-refractivity contribution >= 4 is 34.8 Å². The van der Waals surface area contributed by atoms with E-state index >= 15 is 0 Å². The van der Waals surface area contributed by atoms with Crippen molar-refractivity contribution in [1.29, 1.82) is 0 Å². The third-order valence-electron chi connectivity index (χ3n) is 8.82. The Morgan fingerprint density at radius 2 is 1.91 bits per heavy atom. The molecular formula is C34H48N2O5S2. The fourth-order valence-corrected chi connectivity index (χ4v) is 8.35. The van der Waals surface area contributed by atoms with Gasteiger partial charge in [-0.05, 0) is 85.4 Å². The number of nitrogens with zero attached hydrogens (tertiary/aromatic N) is 1. The predicted molar refractivity (Wildman–Crippen MR) is 177 cm³/mol. The summed E-state index contributed by atoms with van der Waals surface area (Å²) >= 11 is 0.900. The summed E-state index contributed by atoms with van der Waals surface area (Å²) in [6.45, 7) is 6.27. The van der Waals surface area contributed by atoms with Crippen molar-refractivity contribution in [1.82, 2.24) is 10.2 Å². The van der Waals surface area contributed by atoms with Crippen LogP contribution in [-0.4, -0.2) is 83.2 Å². The minimum atomic E-state index is -0.721. The van der Waals surface area contributed by atoms with E-state index in [1.807, 2.05) is 55.6 Å². The van der Waals surface area contributed by atoms with Crippen LogP contribution in [0, 0.1) is 12.8 Å². The number of carbonyl (C=O) groups is 2. The summed E-state index contributed by atoms with van der Waals surface area (Å²) in [4.78, 5) is 28.5. The summed E-state index contributed by atoms with van der Waals surface area (Å²) in [7, 11) is 1.34. The number of amides is 1. The molecule has 0 radical (unpaired) electrons. The van der Waals surface area contributed by atoms with Crippen LogP contribution in [0.15, 0.2) is 42.5 Å². The molecule has 1 saturated heterocycles. The molecule has 0 spiro atoms. The molecule has 4 atom stereocenters. The molecule has 1 heterocycles. The Morgan fingerprint density at radius 1 is 1.14 bits per heavy atom. The number of aryl methyl sites for hydroxylation is 1. The molecule has 0 aromatic heterocycles. The van der Waals surface area contributed by atoms with E-state index in [9.17, 15) is 14.1 Å². The highest BCUT2D eigenvalue weighted by Gasteiger charge is 2.37. The topological polar surface area (TPSA) is 90.9 Å². The molecule has 1 amide bonds. The van der Waals surface area contributed by atoms with Crippen molar-refractivity contribution in [2.75, 3.05) is 43.7 Å². The summed E-state index contributed by atoms with van der Waals surface area (Å²) in [6, 6.07) is 13.5. The summed E-state index contributed by atoms with van der Waals surface area (Å²) in [5, 5.41) is 2.91. The molecule has 9 heteroatoms. The smallest absolute Gasteiger partial charge is 0.328 e. The van der Waals surface area contributed by atoms with Crippen LogP contribution in [0.25, 0.3) is 11.1 Å². The van der Waals surface area contributed by atoms with Crippen LogP contribution in [0.1, 0.15) is 66.9 Å². The third kappa shape index (κ3) is 9.47. The Morgan fingerprint density at radius 3 is 2.63 bits per heavy atom. The van der Waals surface area contributed by atoms with Gasteiger partial charge in [-0.1, -0.05) is 60.8 Å². The van der Waals surface area contributed by atoms with Crippen molar-refractivity contribution in [3.8, 4) is 11.1 Å². The van der Waals surface area contributed by atoms with Crippen molar-refractivity contribution in [3.63, 3.8) is 0 Å². The average molecular weight is 629 g/mol. The molecule has 2 aliphatic rings. The molecule has 0 bridgehead atoms. The minimum absolute atomic E-state index is 0.0137. The molecule has 3 unspecified atom stereocenters. The quantitative estimate of drug-likeness (QED) is 0.228. The standard InChI is InChI=1S/C34H48N2O5S2/c1-24-10-8-9-13-28(24)30-20-26(14-15-29(30)33(37)35-31(16-18-42-4)34(38)40-3)22-41-25(2)21-36-17-19-43(39)23-32(36)27-11-6-5-7-12-27/h8-10,13-15,20,25,27,31-32H,5-7,11-12,16-19,21-23H2,1-4H3,(H,35,37)/t25?,31-,32?,43?/m0/s1. The number of nitrogens with one attached hydrogen (secondary N) is 1. The maximum Gasteiger partial charge on any atom is 0.328 e. The molecule has 1 aliphatic carbocycles. The van der Waals surface area contributed by atoms with Crippen LogP contribution in [-0.2, 0) is 32.1 Å². The van der Waals surface area contributed by atoms with E-state index in [0.29, 0.717) is 30.6 Å². The third-order valence-corrected chi connectivity index (χ3v) is 10.8. The molecule has 1 aliphatic heterocycles. The van der Waals surface area contributed by atoms with E-state index in [2.05, 4.69) is 17.1 Å². The Labute approximate surface area is 265 Å². The van der Waals surface area contributed by atoms with Gasteiger partial charge in [0.05, 0.1) is 25.9 Å². The fourth-order valence-electron chi connectivity index (χ4n) is 6.41. The van der Waals surface area contributed by atoms with Gasteiger partial charge in [0, 0.05) is 18.7 Å². The maximum atomic E-state index is 13.5. The van der Waals surface area contributed by atoms with Gasteiger partial charge in [0.1, 0.15) is 17.5 Å². The summed E-state index contributed by atoms with van der Waals surface area (Å²) in [6.07, 6.45) is 8.86. The van der Waals surface area contributed by atoms with Gasteiger partial charge in [0.25, 0.3) is 5.91 Å². The van der Waals surface area contributed by atoms with Gasteiger partial charge in [-0.25, -0.2) is 4.79 Å². The van der Waals surface area contributed by atoms with Gasteiger partial charge in [-0.15, -0.1) is 0 Å². The normalized spacial score (nSPS) is 21.2. The Balaban J connectivity index is 1.48. The second-order valence-corrected chi connectivity index (χ2v) is 14.5. The number of methoxy groups -OCH3 is 1. The van der Waals surface area contributed by atoms with Crippen LogP contribution in [0.2, 0.25) is 0 Å². The number of rotatable bonds is 13. The number of thioether (sulfide) groups is 1. The second kappa shape index (κ2) is 16.9. The lowest BCUT2D eigenvalue weighted by atomic mass is 9.83. The fraction of sp³-hybridized carbons (Fsp3) is 0.588. The molecule has 236 valence electrons. The molecule has 1 saturated carbocycles.